The zero-order valence-corrected chi connectivity index (χ0v) is 24.4. The molecule has 0 bridgehead atoms. The largest absolute Gasteiger partial charge is 0.394 e. The molecule has 1 amide bonds. The van der Waals surface area contributed by atoms with Crippen molar-refractivity contribution in [2.45, 2.75) is 158 Å². The number of nitrogens with two attached hydrogens (primary N) is 1. The minimum absolute atomic E-state index is 0.155. The Kier molecular flexibility index (Phi) is 20.1. The van der Waals surface area contributed by atoms with E-state index >= 15 is 0 Å². The number of rotatable bonds is 18. The number of primary amides is 1. The lowest BCUT2D eigenvalue weighted by Gasteiger charge is -2.45. The van der Waals surface area contributed by atoms with Crippen molar-refractivity contribution in [3.8, 4) is 0 Å². The molecule has 0 saturated carbocycles. The Morgan fingerprint density at radius 1 is 0.634 bits per heavy atom. The van der Waals surface area contributed by atoms with E-state index in [1.54, 1.807) is 0 Å². The second kappa shape index (κ2) is 21.7. The zero-order chi connectivity index (χ0) is 30.8. The van der Waals surface area contributed by atoms with Crippen molar-refractivity contribution < 1.29 is 59.9 Å². The van der Waals surface area contributed by atoms with Crippen LogP contribution in [0.3, 0.4) is 0 Å². The van der Waals surface area contributed by atoms with Crippen molar-refractivity contribution in [2.75, 3.05) is 13.2 Å². The van der Waals surface area contributed by atoms with Crippen LogP contribution in [0.15, 0.2) is 0 Å². The molecule has 2 aliphatic rings. The lowest BCUT2D eigenvalue weighted by Crippen LogP contribution is -2.64. The van der Waals surface area contributed by atoms with Gasteiger partial charge in [0.25, 0.3) is 0 Å². The highest BCUT2D eigenvalue weighted by molar-refractivity contribution is 5.73. The van der Waals surface area contributed by atoms with Crippen molar-refractivity contribution in [3.05, 3.63) is 0 Å². The standard InChI is InChI=1S/C16H33NO.C12H22O11/c1-2-3-4-5-6-7-8-9-10-11-12-13-14-15-16(17)18;13-1-3-5(15)6(16)9(19)12(22-3)23-10-4(2-14)21-11(20)8(18)7(10)17/h2-15H2,1H3,(H2,17,18);3-20H,1-2H2/t;3-,4-,5-,6+,7-,8-,9-,10-,11-,12-/m.1/s1. The molecule has 244 valence electrons. The number of hydrogen-bond donors (Lipinski definition) is 9. The third kappa shape index (κ3) is 13.9. The normalized spacial score (nSPS) is 33.7. The molecular formula is C28H55NO12. The molecule has 2 saturated heterocycles. The predicted molar refractivity (Wildman–Crippen MR) is 148 cm³/mol. The minimum atomic E-state index is -1.74. The number of amides is 1. The highest BCUT2D eigenvalue weighted by Crippen LogP contribution is 2.28. The average Bonchev–Trinajstić information content (AvgIpc) is 2.95. The van der Waals surface area contributed by atoms with E-state index in [0.717, 1.165) is 6.42 Å². The molecule has 0 unspecified atom stereocenters. The van der Waals surface area contributed by atoms with Crippen LogP contribution in [0.25, 0.3) is 0 Å². The molecular weight excluding hydrogens is 542 g/mol. The summed E-state index contributed by atoms with van der Waals surface area (Å²) in [6.07, 6.45) is 2.37. The molecule has 0 aromatic rings. The SMILES string of the molecule is CCCCCCCCCCCCCCCC(N)=O.OC[C@H]1O[C@H](O[C@H]2[C@H](O)[C@@H](O)[C@H](O)O[C@@H]2CO)[C@H](O)[C@@H](O)[C@@H]1O. The lowest BCUT2D eigenvalue weighted by molar-refractivity contribution is -0.355. The van der Waals surface area contributed by atoms with Crippen molar-refractivity contribution in [3.63, 3.8) is 0 Å². The van der Waals surface area contributed by atoms with Crippen LogP contribution >= 0.6 is 0 Å². The number of carbonyl (C=O) groups is 1. The van der Waals surface area contributed by atoms with Crippen LogP contribution < -0.4 is 5.73 Å². The second-order valence-corrected chi connectivity index (χ2v) is 11.0. The van der Waals surface area contributed by atoms with E-state index in [1.165, 1.54) is 77.0 Å². The number of ether oxygens (including phenoxy) is 3. The number of unbranched alkanes of at least 4 members (excludes halogenated alkanes) is 12. The van der Waals surface area contributed by atoms with E-state index in [0.29, 0.717) is 6.42 Å². The third-order valence-corrected chi connectivity index (χ3v) is 7.51. The molecule has 0 aromatic carbocycles. The molecule has 13 nitrogen and oxygen atoms in total. The Labute approximate surface area is 243 Å². The topological polar surface area (TPSA) is 233 Å². The summed E-state index contributed by atoms with van der Waals surface area (Å²) in [5.74, 6) is -0.155. The van der Waals surface area contributed by atoms with Crippen molar-refractivity contribution in [1.82, 2.24) is 0 Å². The van der Waals surface area contributed by atoms with Gasteiger partial charge < -0.3 is 60.8 Å². The molecule has 0 radical (unpaired) electrons. The van der Waals surface area contributed by atoms with Gasteiger partial charge in [0.1, 0.15) is 48.8 Å². The smallest absolute Gasteiger partial charge is 0.217 e. The molecule has 0 aromatic heterocycles. The van der Waals surface area contributed by atoms with Gasteiger partial charge in [-0.1, -0.05) is 84.0 Å². The van der Waals surface area contributed by atoms with Crippen LogP contribution in [0.2, 0.25) is 0 Å². The highest BCUT2D eigenvalue weighted by atomic mass is 16.7. The number of carbonyl (C=O) groups excluding carboxylic acids is 1. The fraction of sp³-hybridized carbons (Fsp3) is 0.964. The van der Waals surface area contributed by atoms with Gasteiger partial charge in [-0.15, -0.1) is 0 Å². The Balaban J connectivity index is 0.000000425. The maximum absolute atomic E-state index is 10.5. The maximum Gasteiger partial charge on any atom is 0.217 e. The van der Waals surface area contributed by atoms with E-state index in [1.807, 2.05) is 0 Å². The summed E-state index contributed by atoms with van der Waals surface area (Å²) in [4.78, 5) is 10.5. The summed E-state index contributed by atoms with van der Waals surface area (Å²) < 4.78 is 15.3. The first-order valence-electron chi connectivity index (χ1n) is 15.1. The summed E-state index contributed by atoms with van der Waals surface area (Å²) in [5, 5.41) is 76.5. The van der Waals surface area contributed by atoms with Crippen LogP contribution in [-0.2, 0) is 19.0 Å². The van der Waals surface area contributed by atoms with E-state index in [9.17, 15) is 40.5 Å². The molecule has 0 spiro atoms. The first kappa shape index (κ1) is 38.1. The molecule has 2 aliphatic heterocycles. The first-order chi connectivity index (χ1) is 19.6. The molecule has 10 atom stereocenters. The van der Waals surface area contributed by atoms with Crippen LogP contribution in [0.5, 0.6) is 0 Å². The Morgan fingerprint density at radius 3 is 1.59 bits per heavy atom. The van der Waals surface area contributed by atoms with Crippen LogP contribution in [0, 0.1) is 0 Å². The van der Waals surface area contributed by atoms with Gasteiger partial charge in [-0.05, 0) is 6.42 Å². The predicted octanol–water partition coefficient (Wildman–Crippen LogP) is -0.444. The maximum atomic E-state index is 10.5. The Morgan fingerprint density at radius 2 is 1.12 bits per heavy atom. The summed E-state index contributed by atoms with van der Waals surface area (Å²) in [6.45, 7) is 0.922. The van der Waals surface area contributed by atoms with Gasteiger partial charge in [-0.3, -0.25) is 4.79 Å². The monoisotopic (exact) mass is 597 g/mol. The second-order valence-electron chi connectivity index (χ2n) is 11.0. The minimum Gasteiger partial charge on any atom is -0.394 e. The molecule has 41 heavy (non-hydrogen) atoms. The van der Waals surface area contributed by atoms with Gasteiger partial charge in [0.15, 0.2) is 12.6 Å². The zero-order valence-electron chi connectivity index (χ0n) is 24.4. The van der Waals surface area contributed by atoms with E-state index in [4.69, 9.17) is 25.1 Å². The van der Waals surface area contributed by atoms with Crippen molar-refractivity contribution in [1.29, 1.82) is 0 Å². The van der Waals surface area contributed by atoms with Gasteiger partial charge in [0, 0.05) is 6.42 Å². The van der Waals surface area contributed by atoms with Crippen molar-refractivity contribution in [2.24, 2.45) is 5.73 Å². The van der Waals surface area contributed by atoms with Gasteiger partial charge >= 0.3 is 0 Å². The molecule has 0 aliphatic carbocycles. The fourth-order valence-corrected chi connectivity index (χ4v) is 4.89. The van der Waals surface area contributed by atoms with E-state index < -0.39 is 74.6 Å². The summed E-state index contributed by atoms with van der Waals surface area (Å²) in [5.41, 5.74) is 5.09. The van der Waals surface area contributed by atoms with Crippen molar-refractivity contribution >= 4 is 5.91 Å². The number of hydrogen-bond acceptors (Lipinski definition) is 12. The summed E-state index contributed by atoms with van der Waals surface area (Å²) in [7, 11) is 0. The lowest BCUT2D eigenvalue weighted by atomic mass is 9.97. The Bertz CT molecular complexity index is 670. The molecule has 2 fully saturated rings. The number of aliphatic hydroxyl groups excluding tert-OH is 8. The van der Waals surface area contributed by atoms with Gasteiger partial charge in [0.05, 0.1) is 13.2 Å². The first-order valence-corrected chi connectivity index (χ1v) is 15.1. The molecule has 10 N–H and O–H groups in total. The highest BCUT2D eigenvalue weighted by Gasteiger charge is 2.50. The van der Waals surface area contributed by atoms with Gasteiger partial charge in [0.2, 0.25) is 5.91 Å². The molecule has 2 heterocycles. The third-order valence-electron chi connectivity index (χ3n) is 7.51. The molecule has 13 heteroatoms. The summed E-state index contributed by atoms with van der Waals surface area (Å²) in [6, 6.07) is 0. The Hall–Kier alpha value is -0.970. The summed E-state index contributed by atoms with van der Waals surface area (Å²) >= 11 is 0. The quantitative estimate of drug-likeness (QED) is 0.0915. The number of aliphatic hydroxyl groups is 8. The van der Waals surface area contributed by atoms with Crippen LogP contribution in [-0.4, -0.2) is 121 Å². The molecule has 2 rings (SSSR count). The van der Waals surface area contributed by atoms with Gasteiger partial charge in [-0.25, -0.2) is 0 Å². The average molecular weight is 598 g/mol. The van der Waals surface area contributed by atoms with E-state index in [-0.39, 0.29) is 5.91 Å². The van der Waals surface area contributed by atoms with Crippen LogP contribution in [0.1, 0.15) is 96.8 Å². The van der Waals surface area contributed by atoms with Gasteiger partial charge in [-0.2, -0.15) is 0 Å². The fourth-order valence-electron chi connectivity index (χ4n) is 4.89. The van der Waals surface area contributed by atoms with Crippen LogP contribution in [0.4, 0.5) is 0 Å². The van der Waals surface area contributed by atoms with E-state index in [2.05, 4.69) is 6.92 Å².